The summed E-state index contributed by atoms with van der Waals surface area (Å²) in [6.07, 6.45) is 5.16. The molecule has 2 N–H and O–H groups in total. The lowest BCUT2D eigenvalue weighted by Crippen LogP contribution is -2.67. The molecular weight excluding hydrogens is 484 g/mol. The number of fused-ring (bicyclic) bond motifs is 1. The first-order chi connectivity index (χ1) is 16.8. The van der Waals surface area contributed by atoms with Gasteiger partial charge in [-0.1, -0.05) is 0 Å². The van der Waals surface area contributed by atoms with Crippen molar-refractivity contribution in [1.29, 1.82) is 0 Å². The van der Waals surface area contributed by atoms with Gasteiger partial charge in [0.25, 0.3) is 5.91 Å². The number of carbonyl (C=O) groups is 2. The first-order valence-corrected chi connectivity index (χ1v) is 11.9. The van der Waals surface area contributed by atoms with Crippen LogP contribution in [0, 0.1) is 5.82 Å². The number of anilines is 1. The number of alkyl halides is 1. The molecule has 1 atom stereocenters. The Balaban J connectivity index is 1.41. The average molecular weight is 506 g/mol. The van der Waals surface area contributed by atoms with E-state index in [4.69, 9.17) is 4.74 Å². The lowest BCUT2D eigenvalue weighted by Gasteiger charge is -2.44. The molecule has 2 saturated heterocycles. The van der Waals surface area contributed by atoms with E-state index in [1.54, 1.807) is 5.38 Å². The number of carboxylic acids is 1. The fourth-order valence-corrected chi connectivity index (χ4v) is 4.87. The van der Waals surface area contributed by atoms with Crippen LogP contribution in [0.25, 0.3) is 16.2 Å². The zero-order valence-corrected chi connectivity index (χ0v) is 19.2. The molecule has 0 spiro atoms. The van der Waals surface area contributed by atoms with Crippen LogP contribution in [0.2, 0.25) is 0 Å². The molecule has 3 aromatic heterocycles. The highest BCUT2D eigenvalue weighted by molar-refractivity contribution is 7.12. The number of pyridine rings is 2. The van der Waals surface area contributed by atoms with E-state index < -0.39 is 47.4 Å². The zero-order valence-electron chi connectivity index (χ0n) is 18.4. The van der Waals surface area contributed by atoms with Gasteiger partial charge in [-0.25, -0.2) is 23.5 Å². The van der Waals surface area contributed by atoms with Gasteiger partial charge in [0, 0.05) is 30.9 Å². The number of ether oxygens (including phenoxy) is 1. The Bertz CT molecular complexity index is 1350. The quantitative estimate of drug-likeness (QED) is 0.520. The molecule has 0 bridgehead atoms. The summed E-state index contributed by atoms with van der Waals surface area (Å²) in [7, 11) is 0. The SMILES string of the molecule is O=C(O)c1cn(-c2nccs2)c2nc(N3CC(F)(C(=O)NCC4CCCCO4)C3)c(F)cc2c1=O. The maximum absolute atomic E-state index is 15.2. The maximum atomic E-state index is 15.2. The number of hydrogen-bond acceptors (Lipinski definition) is 8. The van der Waals surface area contributed by atoms with E-state index in [1.165, 1.54) is 15.7 Å². The summed E-state index contributed by atoms with van der Waals surface area (Å²) in [5.74, 6) is -3.45. The second-order valence-electron chi connectivity index (χ2n) is 8.55. The first-order valence-electron chi connectivity index (χ1n) is 11.0. The lowest BCUT2D eigenvalue weighted by atomic mass is 9.94. The molecule has 2 fully saturated rings. The number of nitrogens with one attached hydrogen (secondary N) is 1. The fraction of sp³-hybridized carbons (Fsp3) is 0.409. The van der Waals surface area contributed by atoms with Gasteiger partial charge < -0.3 is 20.1 Å². The van der Waals surface area contributed by atoms with Crippen molar-refractivity contribution in [3.63, 3.8) is 0 Å². The van der Waals surface area contributed by atoms with Crippen LogP contribution in [0.5, 0.6) is 0 Å². The third-order valence-electron chi connectivity index (χ3n) is 6.12. The number of nitrogens with zero attached hydrogens (tertiary/aromatic N) is 4. The van der Waals surface area contributed by atoms with Crippen LogP contribution < -0.4 is 15.6 Å². The molecule has 5 heterocycles. The Labute approximate surface area is 201 Å². The predicted octanol–water partition coefficient (Wildman–Crippen LogP) is 1.89. The minimum absolute atomic E-state index is 0.0263. The molecule has 2 aliphatic rings. The summed E-state index contributed by atoms with van der Waals surface area (Å²) in [6, 6.07) is 0.884. The van der Waals surface area contributed by atoms with Crippen molar-refractivity contribution in [2.75, 3.05) is 31.1 Å². The van der Waals surface area contributed by atoms with E-state index in [9.17, 15) is 23.9 Å². The molecule has 3 aromatic rings. The van der Waals surface area contributed by atoms with Gasteiger partial charge in [-0.3, -0.25) is 14.2 Å². The highest BCUT2D eigenvalue weighted by Gasteiger charge is 2.51. The van der Waals surface area contributed by atoms with Gasteiger partial charge in [-0.05, 0) is 25.3 Å². The second kappa shape index (κ2) is 8.96. The number of thiazole rings is 1. The van der Waals surface area contributed by atoms with Gasteiger partial charge in [0.05, 0.1) is 24.6 Å². The summed E-state index contributed by atoms with van der Waals surface area (Å²) in [6.45, 7) is -0.0237. The topological polar surface area (TPSA) is 127 Å². The van der Waals surface area contributed by atoms with Crippen LogP contribution in [-0.4, -0.2) is 69.5 Å². The molecule has 2 aliphatic heterocycles. The number of amides is 1. The molecule has 184 valence electrons. The molecular formula is C22H21F2N5O5S. The Kier molecular flexibility index (Phi) is 5.97. The Morgan fingerprint density at radius 3 is 2.80 bits per heavy atom. The number of hydrogen-bond donors (Lipinski definition) is 2. The summed E-state index contributed by atoms with van der Waals surface area (Å²) >= 11 is 1.16. The summed E-state index contributed by atoms with van der Waals surface area (Å²) < 4.78 is 37.0. The number of rotatable bonds is 6. The van der Waals surface area contributed by atoms with Crippen LogP contribution in [-0.2, 0) is 9.53 Å². The fourth-order valence-electron chi connectivity index (χ4n) is 4.25. The van der Waals surface area contributed by atoms with E-state index in [0.29, 0.717) is 11.7 Å². The number of aromatic carboxylic acids is 1. The van der Waals surface area contributed by atoms with Gasteiger partial charge in [0.1, 0.15) is 5.56 Å². The molecule has 1 amide bonds. The minimum atomic E-state index is -2.22. The molecule has 1 unspecified atom stereocenters. The summed E-state index contributed by atoms with van der Waals surface area (Å²) in [5.41, 5.74) is -3.71. The predicted molar refractivity (Wildman–Crippen MR) is 123 cm³/mol. The third-order valence-corrected chi connectivity index (χ3v) is 6.89. The Morgan fingerprint density at radius 2 is 2.14 bits per heavy atom. The van der Waals surface area contributed by atoms with E-state index in [1.807, 2.05) is 0 Å². The van der Waals surface area contributed by atoms with Gasteiger partial charge in [0.2, 0.25) is 11.1 Å². The van der Waals surface area contributed by atoms with Crippen LogP contribution in [0.1, 0.15) is 29.6 Å². The van der Waals surface area contributed by atoms with E-state index in [-0.39, 0.29) is 29.5 Å². The number of carbonyl (C=O) groups excluding carboxylic acids is 1. The molecule has 13 heteroatoms. The van der Waals surface area contributed by atoms with Gasteiger partial charge >= 0.3 is 5.97 Å². The normalized spacial score (nSPS) is 19.4. The second-order valence-corrected chi connectivity index (χ2v) is 9.42. The van der Waals surface area contributed by atoms with Crippen molar-refractivity contribution < 1.29 is 28.2 Å². The van der Waals surface area contributed by atoms with Crippen LogP contribution >= 0.6 is 11.3 Å². The van der Waals surface area contributed by atoms with E-state index >= 15 is 4.39 Å². The standard InChI is InChI=1S/C22H21F2N5O5S/c23-15-7-13-16(30)14(19(31)32)9-29(21-25-4-6-35-21)17(13)27-18(15)28-10-22(24,11-28)20(33)26-8-12-3-1-2-5-34-12/h4,6-7,9,12H,1-3,5,8,10-11H2,(H,26,33)(H,31,32). The number of carboxylic acid groups (broad SMARTS) is 1. The molecule has 0 aromatic carbocycles. The maximum Gasteiger partial charge on any atom is 0.341 e. The lowest BCUT2D eigenvalue weighted by molar-refractivity contribution is -0.135. The largest absolute Gasteiger partial charge is 0.477 e. The molecule has 35 heavy (non-hydrogen) atoms. The van der Waals surface area contributed by atoms with Gasteiger partial charge in [0.15, 0.2) is 22.4 Å². The van der Waals surface area contributed by atoms with Crippen molar-refractivity contribution in [2.24, 2.45) is 0 Å². The first kappa shape index (κ1) is 23.3. The van der Waals surface area contributed by atoms with Crippen molar-refractivity contribution >= 4 is 40.1 Å². The monoisotopic (exact) mass is 505 g/mol. The number of aromatic nitrogens is 3. The molecule has 0 aliphatic carbocycles. The van der Waals surface area contributed by atoms with Gasteiger partial charge in [-0.15, -0.1) is 11.3 Å². The minimum Gasteiger partial charge on any atom is -0.477 e. The Hall–Kier alpha value is -3.45. The smallest absolute Gasteiger partial charge is 0.341 e. The van der Waals surface area contributed by atoms with E-state index in [0.717, 1.165) is 42.9 Å². The molecule has 10 nitrogen and oxygen atoms in total. The highest BCUT2D eigenvalue weighted by Crippen LogP contribution is 2.33. The average Bonchev–Trinajstić information content (AvgIpc) is 3.36. The van der Waals surface area contributed by atoms with Gasteiger partial charge in [-0.2, -0.15) is 0 Å². The van der Waals surface area contributed by atoms with Crippen molar-refractivity contribution in [3.05, 3.63) is 45.4 Å². The number of halogens is 2. The van der Waals surface area contributed by atoms with Crippen molar-refractivity contribution in [3.8, 4) is 5.13 Å². The zero-order chi connectivity index (χ0) is 24.7. The van der Waals surface area contributed by atoms with E-state index in [2.05, 4.69) is 15.3 Å². The summed E-state index contributed by atoms with van der Waals surface area (Å²) in [5, 5.41) is 13.7. The van der Waals surface area contributed by atoms with Crippen LogP contribution in [0.3, 0.4) is 0 Å². The van der Waals surface area contributed by atoms with Crippen LogP contribution in [0.15, 0.2) is 28.6 Å². The van der Waals surface area contributed by atoms with Crippen molar-refractivity contribution in [1.82, 2.24) is 19.9 Å². The molecule has 5 rings (SSSR count). The third kappa shape index (κ3) is 4.25. The Morgan fingerprint density at radius 1 is 1.34 bits per heavy atom. The molecule has 0 saturated carbocycles. The van der Waals surface area contributed by atoms with Crippen molar-refractivity contribution in [2.45, 2.75) is 31.0 Å². The summed E-state index contributed by atoms with van der Waals surface area (Å²) in [4.78, 5) is 46.2. The van der Waals surface area contributed by atoms with Crippen LogP contribution in [0.4, 0.5) is 14.6 Å². The molecule has 0 radical (unpaired) electrons. The highest BCUT2D eigenvalue weighted by atomic mass is 32.1.